The summed E-state index contributed by atoms with van der Waals surface area (Å²) in [6.45, 7) is 4.68. The zero-order valence-electron chi connectivity index (χ0n) is 13.8. The summed E-state index contributed by atoms with van der Waals surface area (Å²) >= 11 is 0. The SMILES string of the molecule is C=CCCC(=O)N1CCCN1C(=O)Cc1ccc(S(C)(=O)=O)cc1. The zero-order valence-corrected chi connectivity index (χ0v) is 14.6. The lowest BCUT2D eigenvalue weighted by Crippen LogP contribution is -2.45. The Morgan fingerprint density at radius 3 is 2.25 bits per heavy atom. The van der Waals surface area contributed by atoms with Crippen LogP contribution in [0, 0.1) is 0 Å². The van der Waals surface area contributed by atoms with Crippen LogP contribution in [0.25, 0.3) is 0 Å². The number of carbonyl (C=O) groups excluding carboxylic acids is 2. The van der Waals surface area contributed by atoms with Crippen molar-refractivity contribution in [2.45, 2.75) is 30.6 Å². The quantitative estimate of drug-likeness (QED) is 0.730. The smallest absolute Gasteiger partial charge is 0.245 e. The summed E-state index contributed by atoms with van der Waals surface area (Å²) in [5, 5.41) is 3.01. The van der Waals surface area contributed by atoms with Crippen molar-refractivity contribution in [1.82, 2.24) is 10.0 Å². The lowest BCUT2D eigenvalue weighted by molar-refractivity contribution is -0.157. The first kappa shape index (κ1) is 18.2. The number of sulfone groups is 1. The van der Waals surface area contributed by atoms with E-state index in [1.54, 1.807) is 18.2 Å². The summed E-state index contributed by atoms with van der Waals surface area (Å²) in [6, 6.07) is 6.26. The van der Waals surface area contributed by atoms with Crippen LogP contribution in [0.1, 0.15) is 24.8 Å². The lowest BCUT2D eigenvalue weighted by Gasteiger charge is -2.28. The summed E-state index contributed by atoms with van der Waals surface area (Å²) in [5.74, 6) is -0.236. The van der Waals surface area contributed by atoms with Gasteiger partial charge in [-0.15, -0.1) is 6.58 Å². The topological polar surface area (TPSA) is 74.8 Å². The number of hydrogen-bond donors (Lipinski definition) is 0. The molecule has 0 aliphatic carbocycles. The van der Waals surface area contributed by atoms with Gasteiger partial charge in [-0.05, 0) is 30.5 Å². The first-order valence-electron chi connectivity index (χ1n) is 7.83. The van der Waals surface area contributed by atoms with Gasteiger partial charge in [-0.2, -0.15) is 0 Å². The molecular weight excluding hydrogens is 328 g/mol. The average Bonchev–Trinajstić information content (AvgIpc) is 3.02. The second-order valence-corrected chi connectivity index (χ2v) is 7.82. The number of amides is 2. The van der Waals surface area contributed by atoms with E-state index in [-0.39, 0.29) is 23.1 Å². The van der Waals surface area contributed by atoms with Gasteiger partial charge in [0, 0.05) is 25.8 Å². The van der Waals surface area contributed by atoms with Crippen LogP contribution in [-0.4, -0.2) is 49.6 Å². The second-order valence-electron chi connectivity index (χ2n) is 5.81. The molecule has 0 saturated carbocycles. The van der Waals surface area contributed by atoms with Crippen molar-refractivity contribution in [2.75, 3.05) is 19.3 Å². The summed E-state index contributed by atoms with van der Waals surface area (Å²) < 4.78 is 22.9. The Hall–Kier alpha value is -2.15. The summed E-state index contributed by atoms with van der Waals surface area (Å²) in [6.07, 6.45) is 4.65. The van der Waals surface area contributed by atoms with Crippen LogP contribution in [0.5, 0.6) is 0 Å². The molecule has 0 radical (unpaired) electrons. The minimum Gasteiger partial charge on any atom is -0.273 e. The van der Waals surface area contributed by atoms with E-state index >= 15 is 0 Å². The van der Waals surface area contributed by atoms with E-state index in [9.17, 15) is 18.0 Å². The highest BCUT2D eigenvalue weighted by molar-refractivity contribution is 7.90. The van der Waals surface area contributed by atoms with Gasteiger partial charge in [-0.1, -0.05) is 18.2 Å². The Bertz CT molecular complexity index is 725. The molecule has 0 atom stereocenters. The molecular formula is C17H22N2O4S. The number of allylic oxidation sites excluding steroid dienone is 1. The van der Waals surface area contributed by atoms with E-state index in [1.807, 2.05) is 0 Å². The van der Waals surface area contributed by atoms with Crippen LogP contribution in [0.15, 0.2) is 41.8 Å². The molecule has 1 heterocycles. The maximum atomic E-state index is 12.5. The highest BCUT2D eigenvalue weighted by Crippen LogP contribution is 2.16. The van der Waals surface area contributed by atoms with Crippen LogP contribution in [0.2, 0.25) is 0 Å². The van der Waals surface area contributed by atoms with Crippen molar-refractivity contribution in [1.29, 1.82) is 0 Å². The summed E-state index contributed by atoms with van der Waals surface area (Å²) in [5.41, 5.74) is 0.720. The molecule has 2 amide bonds. The van der Waals surface area contributed by atoms with E-state index in [2.05, 4.69) is 6.58 Å². The van der Waals surface area contributed by atoms with Gasteiger partial charge in [-0.25, -0.2) is 8.42 Å². The molecule has 1 aromatic rings. The molecule has 2 rings (SSSR count). The van der Waals surface area contributed by atoms with E-state index < -0.39 is 9.84 Å². The van der Waals surface area contributed by atoms with Gasteiger partial charge in [0.05, 0.1) is 11.3 Å². The predicted molar refractivity (Wildman–Crippen MR) is 90.7 cm³/mol. The van der Waals surface area contributed by atoms with E-state index in [1.165, 1.54) is 22.2 Å². The standard InChI is InChI=1S/C17H22N2O4S/c1-3-4-6-16(20)18-11-5-12-19(18)17(21)13-14-7-9-15(10-8-14)24(2,22)23/h3,7-10H,1,4-6,11-13H2,2H3. The van der Waals surface area contributed by atoms with Crippen molar-refractivity contribution in [2.24, 2.45) is 0 Å². The van der Waals surface area contributed by atoms with Gasteiger partial charge >= 0.3 is 0 Å². The predicted octanol–water partition coefficient (Wildman–Crippen LogP) is 1.57. The van der Waals surface area contributed by atoms with Crippen molar-refractivity contribution >= 4 is 21.7 Å². The fraction of sp³-hybridized carbons (Fsp3) is 0.412. The third kappa shape index (κ3) is 4.44. The molecule has 0 aromatic heterocycles. The molecule has 24 heavy (non-hydrogen) atoms. The van der Waals surface area contributed by atoms with Gasteiger partial charge in [-0.3, -0.25) is 19.6 Å². The summed E-state index contributed by atoms with van der Waals surface area (Å²) in [7, 11) is -3.25. The largest absolute Gasteiger partial charge is 0.273 e. The zero-order chi connectivity index (χ0) is 17.7. The van der Waals surface area contributed by atoms with Crippen LogP contribution in [0.4, 0.5) is 0 Å². The molecule has 0 bridgehead atoms. The van der Waals surface area contributed by atoms with Crippen molar-refractivity contribution < 1.29 is 18.0 Å². The Kier molecular flexibility index (Phi) is 5.77. The molecule has 0 unspecified atom stereocenters. The van der Waals surface area contributed by atoms with E-state index in [0.717, 1.165) is 18.2 Å². The number of carbonyl (C=O) groups is 2. The third-order valence-corrected chi connectivity index (χ3v) is 5.00. The number of hydrazine groups is 1. The van der Waals surface area contributed by atoms with Crippen LogP contribution >= 0.6 is 0 Å². The van der Waals surface area contributed by atoms with E-state index in [0.29, 0.717) is 25.9 Å². The third-order valence-electron chi connectivity index (χ3n) is 3.88. The van der Waals surface area contributed by atoms with Crippen LogP contribution < -0.4 is 0 Å². The molecule has 0 spiro atoms. The molecule has 7 heteroatoms. The number of benzene rings is 1. The normalized spacial score (nSPS) is 14.7. The monoisotopic (exact) mass is 350 g/mol. The molecule has 1 aliphatic rings. The highest BCUT2D eigenvalue weighted by Gasteiger charge is 2.29. The Labute approximate surface area is 142 Å². The number of hydrogen-bond acceptors (Lipinski definition) is 4. The molecule has 1 fully saturated rings. The van der Waals surface area contributed by atoms with E-state index in [4.69, 9.17) is 0 Å². The average molecular weight is 350 g/mol. The molecule has 1 aromatic carbocycles. The minimum atomic E-state index is -3.25. The highest BCUT2D eigenvalue weighted by atomic mass is 32.2. The van der Waals surface area contributed by atoms with Gasteiger partial charge in [0.1, 0.15) is 0 Å². The summed E-state index contributed by atoms with van der Waals surface area (Å²) in [4.78, 5) is 24.8. The fourth-order valence-corrected chi connectivity index (χ4v) is 3.24. The van der Waals surface area contributed by atoms with Gasteiger partial charge in [0.2, 0.25) is 11.8 Å². The first-order chi connectivity index (χ1) is 11.3. The lowest BCUT2D eigenvalue weighted by atomic mass is 10.1. The maximum absolute atomic E-state index is 12.5. The van der Waals surface area contributed by atoms with Crippen molar-refractivity contribution in [3.05, 3.63) is 42.5 Å². The molecule has 1 aliphatic heterocycles. The molecule has 1 saturated heterocycles. The number of rotatable bonds is 6. The Morgan fingerprint density at radius 2 is 1.71 bits per heavy atom. The Balaban J connectivity index is 2.03. The molecule has 130 valence electrons. The van der Waals surface area contributed by atoms with Gasteiger partial charge in [0.25, 0.3) is 0 Å². The first-order valence-corrected chi connectivity index (χ1v) is 9.72. The van der Waals surface area contributed by atoms with Crippen LogP contribution in [0.3, 0.4) is 0 Å². The van der Waals surface area contributed by atoms with Gasteiger partial charge < -0.3 is 0 Å². The maximum Gasteiger partial charge on any atom is 0.245 e. The Morgan fingerprint density at radius 1 is 1.12 bits per heavy atom. The molecule has 6 nitrogen and oxygen atoms in total. The fourth-order valence-electron chi connectivity index (χ4n) is 2.61. The van der Waals surface area contributed by atoms with Crippen molar-refractivity contribution in [3.63, 3.8) is 0 Å². The van der Waals surface area contributed by atoms with Gasteiger partial charge in [0.15, 0.2) is 9.84 Å². The molecule has 0 N–H and O–H groups in total. The minimum absolute atomic E-state index is 0.0758. The van der Waals surface area contributed by atoms with Crippen molar-refractivity contribution in [3.8, 4) is 0 Å². The second kappa shape index (κ2) is 7.61. The van der Waals surface area contributed by atoms with Crippen LogP contribution in [-0.2, 0) is 25.8 Å². The number of nitrogens with zero attached hydrogens (tertiary/aromatic N) is 2.